The number of rotatable bonds is 2. The second-order valence-electron chi connectivity index (χ2n) is 7.90. The fourth-order valence-electron chi connectivity index (χ4n) is 4.48. The first-order valence-corrected chi connectivity index (χ1v) is 9.48. The SMILES string of the molecule is Cc1cc(C)n2ncc(CN3CCN(C)C4(CCNC(=O)CC4)C3)c2n1. The van der Waals surface area contributed by atoms with E-state index in [9.17, 15) is 4.79 Å². The van der Waals surface area contributed by atoms with E-state index in [0.717, 1.165) is 62.6 Å². The molecule has 1 N–H and O–H groups in total. The number of amides is 1. The van der Waals surface area contributed by atoms with E-state index < -0.39 is 0 Å². The molecule has 0 saturated carbocycles. The lowest BCUT2D eigenvalue weighted by atomic mass is 9.86. The molecule has 0 bridgehead atoms. The number of aryl methyl sites for hydroxylation is 2. The van der Waals surface area contributed by atoms with Crippen molar-refractivity contribution in [1.82, 2.24) is 29.7 Å². The van der Waals surface area contributed by atoms with Gasteiger partial charge >= 0.3 is 0 Å². The lowest BCUT2D eigenvalue weighted by Crippen LogP contribution is -2.60. The van der Waals surface area contributed by atoms with Crippen molar-refractivity contribution in [2.45, 2.75) is 45.2 Å². The highest BCUT2D eigenvalue weighted by Crippen LogP contribution is 2.31. The molecule has 0 aliphatic carbocycles. The van der Waals surface area contributed by atoms with Crippen LogP contribution in [-0.2, 0) is 11.3 Å². The lowest BCUT2D eigenvalue weighted by molar-refractivity contribution is -0.121. The van der Waals surface area contributed by atoms with Gasteiger partial charge < -0.3 is 5.32 Å². The molecule has 0 radical (unpaired) electrons. The molecule has 1 spiro atoms. The minimum absolute atomic E-state index is 0.0830. The van der Waals surface area contributed by atoms with Crippen LogP contribution in [0.2, 0.25) is 0 Å². The van der Waals surface area contributed by atoms with E-state index in [1.165, 1.54) is 5.56 Å². The van der Waals surface area contributed by atoms with Gasteiger partial charge in [-0.1, -0.05) is 0 Å². The van der Waals surface area contributed by atoms with Gasteiger partial charge in [-0.05, 0) is 39.8 Å². The molecule has 2 aliphatic rings. The summed E-state index contributed by atoms with van der Waals surface area (Å²) in [5.41, 5.74) is 4.37. The zero-order valence-electron chi connectivity index (χ0n) is 16.0. The number of carbonyl (C=O) groups is 1. The second kappa shape index (κ2) is 6.63. The van der Waals surface area contributed by atoms with Crippen molar-refractivity contribution < 1.29 is 4.79 Å². The minimum atomic E-state index is 0.0830. The van der Waals surface area contributed by atoms with Crippen LogP contribution in [0, 0.1) is 13.8 Å². The monoisotopic (exact) mass is 356 g/mol. The van der Waals surface area contributed by atoms with Crippen LogP contribution in [0.25, 0.3) is 5.65 Å². The van der Waals surface area contributed by atoms with E-state index >= 15 is 0 Å². The Labute approximate surface area is 154 Å². The zero-order valence-corrected chi connectivity index (χ0v) is 16.0. The van der Waals surface area contributed by atoms with Gasteiger partial charge in [-0.25, -0.2) is 9.50 Å². The highest BCUT2D eigenvalue weighted by molar-refractivity contribution is 5.76. The molecule has 7 nitrogen and oxygen atoms in total. The predicted octanol–water partition coefficient (Wildman–Crippen LogP) is 1.13. The maximum atomic E-state index is 11.8. The van der Waals surface area contributed by atoms with Crippen molar-refractivity contribution in [3.8, 4) is 0 Å². The van der Waals surface area contributed by atoms with Gasteiger partial charge in [-0.3, -0.25) is 14.6 Å². The first kappa shape index (κ1) is 17.4. The zero-order chi connectivity index (χ0) is 18.3. The summed E-state index contributed by atoms with van der Waals surface area (Å²) in [6.07, 6.45) is 4.51. The molecule has 2 saturated heterocycles. The Morgan fingerprint density at radius 3 is 2.96 bits per heavy atom. The van der Waals surface area contributed by atoms with Crippen LogP contribution in [0.15, 0.2) is 12.3 Å². The Morgan fingerprint density at radius 1 is 1.27 bits per heavy atom. The number of nitrogens with one attached hydrogen (secondary N) is 1. The Hall–Kier alpha value is -1.99. The van der Waals surface area contributed by atoms with Crippen molar-refractivity contribution in [3.05, 3.63) is 29.2 Å². The third kappa shape index (κ3) is 3.10. The summed E-state index contributed by atoms with van der Waals surface area (Å²) in [6, 6.07) is 2.06. The Morgan fingerprint density at radius 2 is 2.12 bits per heavy atom. The van der Waals surface area contributed by atoms with Gasteiger partial charge in [0.2, 0.25) is 5.91 Å². The van der Waals surface area contributed by atoms with Gasteiger partial charge in [0.05, 0.1) is 6.20 Å². The summed E-state index contributed by atoms with van der Waals surface area (Å²) in [5.74, 6) is 0.185. The van der Waals surface area contributed by atoms with Crippen LogP contribution < -0.4 is 5.32 Å². The molecular weight excluding hydrogens is 328 g/mol. The van der Waals surface area contributed by atoms with Gasteiger partial charge in [-0.15, -0.1) is 0 Å². The number of hydrogen-bond donors (Lipinski definition) is 1. The average Bonchev–Trinajstić information content (AvgIpc) is 2.89. The second-order valence-corrected chi connectivity index (χ2v) is 7.90. The Bertz CT molecular complexity index is 831. The standard InChI is InChI=1S/C19H28N6O/c1-14-10-15(2)25-18(22-14)16(11-21-25)12-24-9-8-23(3)19(13-24)5-4-17(26)20-7-6-19/h10-11H,4-9,12-13H2,1-3H3,(H,20,26). The molecule has 7 heteroatoms. The minimum Gasteiger partial charge on any atom is -0.356 e. The quantitative estimate of drug-likeness (QED) is 0.874. The molecule has 140 valence electrons. The van der Waals surface area contributed by atoms with Crippen LogP contribution in [0.1, 0.15) is 36.2 Å². The van der Waals surface area contributed by atoms with Crippen LogP contribution in [0.3, 0.4) is 0 Å². The smallest absolute Gasteiger partial charge is 0.220 e. The van der Waals surface area contributed by atoms with E-state index in [0.29, 0.717) is 6.42 Å². The number of carbonyl (C=O) groups excluding carboxylic acids is 1. The molecule has 2 aromatic heterocycles. The maximum absolute atomic E-state index is 11.8. The number of hydrogen-bond acceptors (Lipinski definition) is 5. The summed E-state index contributed by atoms with van der Waals surface area (Å²) in [6.45, 7) is 8.77. The number of nitrogens with zero attached hydrogens (tertiary/aromatic N) is 5. The fraction of sp³-hybridized carbons (Fsp3) is 0.632. The van der Waals surface area contributed by atoms with E-state index in [2.05, 4.69) is 40.3 Å². The van der Waals surface area contributed by atoms with E-state index in [-0.39, 0.29) is 11.4 Å². The molecule has 0 aromatic carbocycles. The lowest BCUT2D eigenvalue weighted by Gasteiger charge is -2.49. The highest BCUT2D eigenvalue weighted by Gasteiger charge is 2.40. The van der Waals surface area contributed by atoms with Gasteiger partial charge in [0.15, 0.2) is 5.65 Å². The number of aromatic nitrogens is 3. The average molecular weight is 356 g/mol. The summed E-state index contributed by atoms with van der Waals surface area (Å²) >= 11 is 0. The molecule has 4 heterocycles. The first-order chi connectivity index (χ1) is 12.5. The fourth-order valence-corrected chi connectivity index (χ4v) is 4.48. The van der Waals surface area contributed by atoms with Gasteiger partial charge in [-0.2, -0.15) is 5.10 Å². The van der Waals surface area contributed by atoms with Gasteiger partial charge in [0.1, 0.15) is 0 Å². The van der Waals surface area contributed by atoms with Crippen molar-refractivity contribution >= 4 is 11.6 Å². The van der Waals surface area contributed by atoms with Gasteiger partial charge in [0.25, 0.3) is 0 Å². The normalized spacial score (nSPS) is 25.6. The summed E-state index contributed by atoms with van der Waals surface area (Å²) in [5, 5.41) is 7.56. The molecular formula is C19H28N6O. The van der Waals surface area contributed by atoms with Crippen LogP contribution >= 0.6 is 0 Å². The van der Waals surface area contributed by atoms with E-state index in [4.69, 9.17) is 4.98 Å². The number of piperazine rings is 1. The summed E-state index contributed by atoms with van der Waals surface area (Å²) < 4.78 is 1.93. The molecule has 1 unspecified atom stereocenters. The highest BCUT2D eigenvalue weighted by atomic mass is 16.1. The molecule has 26 heavy (non-hydrogen) atoms. The number of fused-ring (bicyclic) bond motifs is 1. The van der Waals surface area contributed by atoms with Crippen LogP contribution in [0.5, 0.6) is 0 Å². The third-order valence-corrected chi connectivity index (χ3v) is 6.05. The van der Waals surface area contributed by atoms with E-state index in [1.807, 2.05) is 17.6 Å². The van der Waals surface area contributed by atoms with Crippen molar-refractivity contribution in [3.63, 3.8) is 0 Å². The van der Waals surface area contributed by atoms with Gasteiger partial charge in [0, 0.05) is 61.6 Å². The largest absolute Gasteiger partial charge is 0.356 e. The van der Waals surface area contributed by atoms with Crippen LogP contribution in [0.4, 0.5) is 0 Å². The summed E-state index contributed by atoms with van der Waals surface area (Å²) in [7, 11) is 2.21. The van der Waals surface area contributed by atoms with Crippen molar-refractivity contribution in [2.75, 3.05) is 33.2 Å². The number of likely N-dealkylation sites (N-methyl/N-ethyl adjacent to an activating group) is 1. The maximum Gasteiger partial charge on any atom is 0.220 e. The predicted molar refractivity (Wildman–Crippen MR) is 100.0 cm³/mol. The van der Waals surface area contributed by atoms with Crippen molar-refractivity contribution in [2.24, 2.45) is 0 Å². The molecule has 2 aromatic rings. The topological polar surface area (TPSA) is 65.8 Å². The van der Waals surface area contributed by atoms with Crippen molar-refractivity contribution in [1.29, 1.82) is 0 Å². The molecule has 4 rings (SSSR count). The third-order valence-electron chi connectivity index (χ3n) is 6.05. The summed E-state index contributed by atoms with van der Waals surface area (Å²) in [4.78, 5) is 21.5. The van der Waals surface area contributed by atoms with E-state index in [1.54, 1.807) is 0 Å². The molecule has 2 aliphatic heterocycles. The Kier molecular flexibility index (Phi) is 4.44. The molecule has 1 amide bonds. The Balaban J connectivity index is 1.56. The molecule has 1 atom stereocenters. The first-order valence-electron chi connectivity index (χ1n) is 9.48. The van der Waals surface area contributed by atoms with Crippen LogP contribution in [-0.4, -0.2) is 69.1 Å². The molecule has 2 fully saturated rings.